The molecular weight excluding hydrogens is 306 g/mol. The van der Waals surface area contributed by atoms with Crippen LogP contribution in [0.1, 0.15) is 129 Å². The zero-order valence-electron chi connectivity index (χ0n) is 17.7. The number of unbranched alkanes of at least 4 members (excludes halogenated alkanes) is 15. The Balaban J connectivity index is 3.11. The Morgan fingerprint density at radius 1 is 0.560 bits per heavy atom. The molecular formula is C23H49NO. The Kier molecular flexibility index (Phi) is 21.9. The molecule has 2 heteroatoms. The van der Waals surface area contributed by atoms with E-state index in [0.717, 1.165) is 19.5 Å². The van der Waals surface area contributed by atoms with E-state index in [1.807, 2.05) is 0 Å². The minimum absolute atomic E-state index is 0.140. The SMILES string of the molecule is CCCCCCCCCCCCNCC(O)CCCCCCCCC. The van der Waals surface area contributed by atoms with Crippen molar-refractivity contribution < 1.29 is 5.11 Å². The van der Waals surface area contributed by atoms with Crippen molar-refractivity contribution in [3.63, 3.8) is 0 Å². The van der Waals surface area contributed by atoms with E-state index >= 15 is 0 Å². The summed E-state index contributed by atoms with van der Waals surface area (Å²) < 4.78 is 0. The molecule has 0 bridgehead atoms. The lowest BCUT2D eigenvalue weighted by Gasteiger charge is -2.11. The van der Waals surface area contributed by atoms with Crippen LogP contribution in [-0.4, -0.2) is 24.3 Å². The summed E-state index contributed by atoms with van der Waals surface area (Å²) in [6, 6.07) is 0. The third-order valence-electron chi connectivity index (χ3n) is 5.23. The van der Waals surface area contributed by atoms with Gasteiger partial charge in [0.2, 0.25) is 0 Å². The first-order chi connectivity index (χ1) is 12.3. The standard InChI is InChI=1S/C23H49NO/c1-3-5-7-9-11-12-13-15-17-19-21-24-22-23(25)20-18-16-14-10-8-6-4-2/h23-25H,3-22H2,1-2H3. The van der Waals surface area contributed by atoms with Crippen LogP contribution in [0.2, 0.25) is 0 Å². The first-order valence-corrected chi connectivity index (χ1v) is 11.7. The van der Waals surface area contributed by atoms with Gasteiger partial charge >= 0.3 is 0 Å². The largest absolute Gasteiger partial charge is 0.392 e. The molecule has 1 atom stereocenters. The van der Waals surface area contributed by atoms with E-state index in [9.17, 15) is 5.11 Å². The van der Waals surface area contributed by atoms with E-state index in [1.165, 1.54) is 109 Å². The molecule has 2 N–H and O–H groups in total. The molecule has 0 aromatic heterocycles. The Bertz CT molecular complexity index is 232. The van der Waals surface area contributed by atoms with Gasteiger partial charge in [-0.1, -0.05) is 117 Å². The molecule has 25 heavy (non-hydrogen) atoms. The Labute approximate surface area is 159 Å². The summed E-state index contributed by atoms with van der Waals surface area (Å²) in [6.45, 7) is 6.40. The summed E-state index contributed by atoms with van der Waals surface area (Å²) in [4.78, 5) is 0. The number of nitrogens with one attached hydrogen (secondary N) is 1. The fourth-order valence-electron chi connectivity index (χ4n) is 3.45. The van der Waals surface area contributed by atoms with E-state index in [2.05, 4.69) is 19.2 Å². The molecule has 0 aliphatic rings. The molecule has 0 radical (unpaired) electrons. The second kappa shape index (κ2) is 22.0. The van der Waals surface area contributed by atoms with Crippen LogP contribution >= 0.6 is 0 Å². The van der Waals surface area contributed by atoms with Crippen LogP contribution < -0.4 is 5.32 Å². The number of hydrogen-bond acceptors (Lipinski definition) is 2. The molecule has 0 aromatic rings. The van der Waals surface area contributed by atoms with Crippen LogP contribution in [0.4, 0.5) is 0 Å². The fraction of sp³-hybridized carbons (Fsp3) is 1.00. The first-order valence-electron chi connectivity index (χ1n) is 11.7. The van der Waals surface area contributed by atoms with E-state index in [1.54, 1.807) is 0 Å². The highest BCUT2D eigenvalue weighted by molar-refractivity contribution is 4.60. The van der Waals surface area contributed by atoms with E-state index in [0.29, 0.717) is 0 Å². The maximum atomic E-state index is 9.99. The zero-order valence-corrected chi connectivity index (χ0v) is 17.7. The number of hydrogen-bond donors (Lipinski definition) is 2. The van der Waals surface area contributed by atoms with E-state index in [4.69, 9.17) is 0 Å². The third-order valence-corrected chi connectivity index (χ3v) is 5.23. The fourth-order valence-corrected chi connectivity index (χ4v) is 3.45. The van der Waals surface area contributed by atoms with Gasteiger partial charge in [-0.15, -0.1) is 0 Å². The topological polar surface area (TPSA) is 32.3 Å². The van der Waals surface area contributed by atoms with Gasteiger partial charge in [0.25, 0.3) is 0 Å². The molecule has 2 nitrogen and oxygen atoms in total. The predicted molar refractivity (Wildman–Crippen MR) is 113 cm³/mol. The summed E-state index contributed by atoms with van der Waals surface area (Å²) in [7, 11) is 0. The van der Waals surface area contributed by atoms with E-state index < -0.39 is 0 Å². The van der Waals surface area contributed by atoms with Crippen LogP contribution in [0.15, 0.2) is 0 Å². The van der Waals surface area contributed by atoms with Crippen LogP contribution in [-0.2, 0) is 0 Å². The van der Waals surface area contributed by atoms with Crippen molar-refractivity contribution in [3.05, 3.63) is 0 Å². The van der Waals surface area contributed by atoms with Crippen molar-refractivity contribution >= 4 is 0 Å². The molecule has 0 aromatic carbocycles. The minimum Gasteiger partial charge on any atom is -0.392 e. The maximum absolute atomic E-state index is 9.99. The molecule has 0 saturated carbocycles. The summed E-state index contributed by atoms with van der Waals surface area (Å²) in [5.41, 5.74) is 0. The summed E-state index contributed by atoms with van der Waals surface area (Å²) in [5.74, 6) is 0. The molecule has 0 saturated heterocycles. The quantitative estimate of drug-likeness (QED) is 0.217. The van der Waals surface area contributed by atoms with Crippen LogP contribution in [0.25, 0.3) is 0 Å². The summed E-state index contributed by atoms with van der Waals surface area (Å²) in [5, 5.41) is 13.4. The smallest absolute Gasteiger partial charge is 0.0664 e. The second-order valence-corrected chi connectivity index (χ2v) is 7.95. The monoisotopic (exact) mass is 355 g/mol. The van der Waals surface area contributed by atoms with Gasteiger partial charge in [-0.3, -0.25) is 0 Å². The predicted octanol–water partition coefficient (Wildman–Crippen LogP) is 7.00. The first kappa shape index (κ1) is 24.9. The highest BCUT2D eigenvalue weighted by atomic mass is 16.3. The molecule has 152 valence electrons. The van der Waals surface area contributed by atoms with Gasteiger partial charge in [-0.05, 0) is 19.4 Å². The van der Waals surface area contributed by atoms with Gasteiger partial charge in [-0.2, -0.15) is 0 Å². The van der Waals surface area contributed by atoms with Gasteiger partial charge in [0, 0.05) is 6.54 Å². The molecule has 0 spiro atoms. The van der Waals surface area contributed by atoms with Gasteiger partial charge < -0.3 is 10.4 Å². The van der Waals surface area contributed by atoms with Crippen molar-refractivity contribution in [2.45, 2.75) is 136 Å². The third kappa shape index (κ3) is 21.9. The van der Waals surface area contributed by atoms with Crippen LogP contribution in [0.3, 0.4) is 0 Å². The normalized spacial score (nSPS) is 12.6. The van der Waals surface area contributed by atoms with Gasteiger partial charge in [0.05, 0.1) is 6.10 Å². The average molecular weight is 356 g/mol. The van der Waals surface area contributed by atoms with E-state index in [-0.39, 0.29) is 6.10 Å². The molecule has 0 amide bonds. The van der Waals surface area contributed by atoms with Crippen molar-refractivity contribution in [1.82, 2.24) is 5.32 Å². The second-order valence-electron chi connectivity index (χ2n) is 7.95. The summed E-state index contributed by atoms with van der Waals surface area (Å²) in [6.07, 6.45) is 24.0. The van der Waals surface area contributed by atoms with Crippen LogP contribution in [0, 0.1) is 0 Å². The molecule has 0 rings (SSSR count). The van der Waals surface area contributed by atoms with Crippen LogP contribution in [0.5, 0.6) is 0 Å². The molecule has 0 fully saturated rings. The average Bonchev–Trinajstić information content (AvgIpc) is 2.62. The Hall–Kier alpha value is -0.0800. The maximum Gasteiger partial charge on any atom is 0.0664 e. The molecule has 1 unspecified atom stereocenters. The van der Waals surface area contributed by atoms with Crippen molar-refractivity contribution in [2.75, 3.05) is 13.1 Å². The lowest BCUT2D eigenvalue weighted by atomic mass is 10.1. The molecule has 0 aliphatic heterocycles. The van der Waals surface area contributed by atoms with Gasteiger partial charge in [0.15, 0.2) is 0 Å². The van der Waals surface area contributed by atoms with Gasteiger partial charge in [0.1, 0.15) is 0 Å². The van der Waals surface area contributed by atoms with Crippen molar-refractivity contribution in [3.8, 4) is 0 Å². The minimum atomic E-state index is -0.140. The summed E-state index contributed by atoms with van der Waals surface area (Å²) >= 11 is 0. The van der Waals surface area contributed by atoms with Crippen molar-refractivity contribution in [2.24, 2.45) is 0 Å². The Morgan fingerprint density at radius 2 is 0.960 bits per heavy atom. The number of aliphatic hydroxyl groups is 1. The lowest BCUT2D eigenvalue weighted by molar-refractivity contribution is 0.158. The molecule has 0 heterocycles. The highest BCUT2D eigenvalue weighted by Gasteiger charge is 2.03. The molecule has 0 aliphatic carbocycles. The highest BCUT2D eigenvalue weighted by Crippen LogP contribution is 2.11. The number of aliphatic hydroxyl groups excluding tert-OH is 1. The zero-order chi connectivity index (χ0) is 18.4. The van der Waals surface area contributed by atoms with Gasteiger partial charge in [-0.25, -0.2) is 0 Å². The Morgan fingerprint density at radius 3 is 1.44 bits per heavy atom. The van der Waals surface area contributed by atoms with Crippen molar-refractivity contribution in [1.29, 1.82) is 0 Å². The number of rotatable bonds is 21. The lowest BCUT2D eigenvalue weighted by Crippen LogP contribution is -2.27.